The molecule has 0 radical (unpaired) electrons. The predicted octanol–water partition coefficient (Wildman–Crippen LogP) is 1.24. The molecule has 0 atom stereocenters. The van der Waals surface area contributed by atoms with Gasteiger partial charge in [-0.05, 0) is 31.5 Å². The van der Waals surface area contributed by atoms with Gasteiger partial charge in [0.2, 0.25) is 11.9 Å². The maximum Gasteiger partial charge on any atom is 0.227 e. The first-order valence-corrected chi connectivity index (χ1v) is 7.32. The minimum absolute atomic E-state index is 0.116. The topological polar surface area (TPSA) is 85.0 Å². The van der Waals surface area contributed by atoms with E-state index in [1.807, 2.05) is 30.9 Å². The van der Waals surface area contributed by atoms with Gasteiger partial charge < -0.3 is 10.6 Å². The van der Waals surface area contributed by atoms with Crippen LogP contribution >= 0.6 is 0 Å². The lowest BCUT2D eigenvalue weighted by Gasteiger charge is -2.39. The summed E-state index contributed by atoms with van der Waals surface area (Å²) in [6, 6.07) is 4.02. The molecule has 114 valence electrons. The number of hydrogen-bond acceptors (Lipinski definition) is 5. The number of likely N-dealkylation sites (tertiary alicyclic amines) is 1. The standard InChI is InChI=1S/C16H19N5O/c1-10-14(11(2)20-16(17)19-10)7-15(22)21-8-13(9-21)12-3-5-18-6-4-12/h3-6,13H,7-9H2,1-2H3,(H2,17,19,20). The fraction of sp³-hybridized carbons (Fsp3) is 0.375. The van der Waals surface area contributed by atoms with Crippen LogP contribution in [0.2, 0.25) is 0 Å². The first-order valence-electron chi connectivity index (χ1n) is 7.32. The van der Waals surface area contributed by atoms with Crippen LogP contribution in [-0.2, 0) is 11.2 Å². The first kappa shape index (κ1) is 14.4. The normalized spacial score (nSPS) is 14.7. The molecule has 2 N–H and O–H groups in total. The lowest BCUT2D eigenvalue weighted by atomic mass is 9.91. The van der Waals surface area contributed by atoms with Crippen LogP contribution in [0.3, 0.4) is 0 Å². The minimum atomic E-state index is 0.116. The molecule has 1 saturated heterocycles. The van der Waals surface area contributed by atoms with Gasteiger partial charge in [-0.2, -0.15) is 0 Å². The Bertz CT molecular complexity index is 672. The Morgan fingerprint density at radius 2 is 1.82 bits per heavy atom. The van der Waals surface area contributed by atoms with Crippen LogP contribution in [0.5, 0.6) is 0 Å². The fourth-order valence-electron chi connectivity index (χ4n) is 2.81. The summed E-state index contributed by atoms with van der Waals surface area (Å²) in [5, 5.41) is 0. The van der Waals surface area contributed by atoms with Crippen LogP contribution in [0.1, 0.15) is 28.4 Å². The van der Waals surface area contributed by atoms with Crippen LogP contribution in [0.25, 0.3) is 0 Å². The van der Waals surface area contributed by atoms with E-state index in [0.717, 1.165) is 30.0 Å². The molecule has 6 heteroatoms. The van der Waals surface area contributed by atoms with Crippen molar-refractivity contribution in [1.82, 2.24) is 19.9 Å². The largest absolute Gasteiger partial charge is 0.368 e. The molecule has 6 nitrogen and oxygen atoms in total. The van der Waals surface area contributed by atoms with E-state index in [-0.39, 0.29) is 11.9 Å². The average molecular weight is 297 g/mol. The van der Waals surface area contributed by atoms with E-state index in [4.69, 9.17) is 5.73 Å². The number of aromatic nitrogens is 3. The molecule has 1 amide bonds. The van der Waals surface area contributed by atoms with Crippen LogP contribution in [0.4, 0.5) is 5.95 Å². The Hall–Kier alpha value is -2.50. The van der Waals surface area contributed by atoms with Gasteiger partial charge in [-0.15, -0.1) is 0 Å². The van der Waals surface area contributed by atoms with Crippen molar-refractivity contribution < 1.29 is 4.79 Å². The molecule has 2 aromatic rings. The number of aryl methyl sites for hydroxylation is 2. The van der Waals surface area contributed by atoms with Gasteiger partial charge in [-0.1, -0.05) is 0 Å². The van der Waals surface area contributed by atoms with Crippen molar-refractivity contribution in [3.63, 3.8) is 0 Å². The van der Waals surface area contributed by atoms with Crippen LogP contribution in [0, 0.1) is 13.8 Å². The van der Waals surface area contributed by atoms with Gasteiger partial charge in [0.05, 0.1) is 6.42 Å². The molecule has 0 aliphatic carbocycles. The van der Waals surface area contributed by atoms with Crippen molar-refractivity contribution in [2.45, 2.75) is 26.2 Å². The van der Waals surface area contributed by atoms with Gasteiger partial charge in [0.15, 0.2) is 0 Å². The SMILES string of the molecule is Cc1nc(N)nc(C)c1CC(=O)N1CC(c2ccncc2)C1. The van der Waals surface area contributed by atoms with Gasteiger partial charge in [-0.25, -0.2) is 9.97 Å². The summed E-state index contributed by atoms with van der Waals surface area (Å²) in [6.07, 6.45) is 3.91. The maximum atomic E-state index is 12.4. The highest BCUT2D eigenvalue weighted by molar-refractivity contribution is 5.80. The van der Waals surface area contributed by atoms with E-state index in [2.05, 4.69) is 15.0 Å². The summed E-state index contributed by atoms with van der Waals surface area (Å²) in [7, 11) is 0. The number of anilines is 1. The van der Waals surface area contributed by atoms with Crippen LogP contribution in [-0.4, -0.2) is 38.8 Å². The van der Waals surface area contributed by atoms with Crippen molar-refractivity contribution in [3.05, 3.63) is 47.0 Å². The van der Waals surface area contributed by atoms with Gasteiger partial charge >= 0.3 is 0 Å². The number of rotatable bonds is 3. The van der Waals surface area contributed by atoms with E-state index in [1.54, 1.807) is 12.4 Å². The molecular formula is C16H19N5O. The van der Waals surface area contributed by atoms with Crippen molar-refractivity contribution in [2.24, 2.45) is 0 Å². The zero-order valence-electron chi connectivity index (χ0n) is 12.8. The number of nitrogens with two attached hydrogens (primary N) is 1. The Morgan fingerprint density at radius 1 is 1.23 bits per heavy atom. The van der Waals surface area contributed by atoms with Gasteiger partial charge in [-0.3, -0.25) is 9.78 Å². The average Bonchev–Trinajstić information content (AvgIpc) is 2.42. The smallest absolute Gasteiger partial charge is 0.227 e. The third-order valence-electron chi connectivity index (χ3n) is 4.18. The van der Waals surface area contributed by atoms with Crippen molar-refractivity contribution in [3.8, 4) is 0 Å². The van der Waals surface area contributed by atoms with E-state index in [1.165, 1.54) is 5.56 Å². The molecule has 3 heterocycles. The monoisotopic (exact) mass is 297 g/mol. The molecule has 0 spiro atoms. The number of carbonyl (C=O) groups is 1. The van der Waals surface area contributed by atoms with Crippen molar-refractivity contribution in [1.29, 1.82) is 0 Å². The summed E-state index contributed by atoms with van der Waals surface area (Å²) >= 11 is 0. The Labute approximate surface area is 129 Å². The van der Waals surface area contributed by atoms with Crippen molar-refractivity contribution >= 4 is 11.9 Å². The van der Waals surface area contributed by atoms with Crippen LogP contribution < -0.4 is 5.73 Å². The molecule has 1 aliphatic rings. The maximum absolute atomic E-state index is 12.4. The third-order valence-corrected chi connectivity index (χ3v) is 4.18. The minimum Gasteiger partial charge on any atom is -0.368 e. The molecule has 0 bridgehead atoms. The lowest BCUT2D eigenvalue weighted by Crippen LogP contribution is -2.49. The molecule has 0 saturated carbocycles. The molecule has 0 unspecified atom stereocenters. The zero-order valence-corrected chi connectivity index (χ0v) is 12.8. The summed E-state index contributed by atoms with van der Waals surface area (Å²) < 4.78 is 0. The molecular weight excluding hydrogens is 278 g/mol. The van der Waals surface area contributed by atoms with Crippen LogP contribution in [0.15, 0.2) is 24.5 Å². The third kappa shape index (κ3) is 2.77. The van der Waals surface area contributed by atoms with E-state index < -0.39 is 0 Å². The quantitative estimate of drug-likeness (QED) is 0.921. The van der Waals surface area contributed by atoms with E-state index in [0.29, 0.717) is 12.3 Å². The lowest BCUT2D eigenvalue weighted by molar-refractivity contribution is -0.134. The van der Waals surface area contributed by atoms with Gasteiger partial charge in [0.25, 0.3) is 0 Å². The van der Waals surface area contributed by atoms with Gasteiger partial charge in [0, 0.05) is 48.4 Å². The molecule has 1 aliphatic heterocycles. The Morgan fingerprint density at radius 3 is 2.41 bits per heavy atom. The number of pyridine rings is 1. The second-order valence-corrected chi connectivity index (χ2v) is 5.68. The molecule has 22 heavy (non-hydrogen) atoms. The molecule has 0 aromatic carbocycles. The summed E-state index contributed by atoms with van der Waals surface area (Å²) in [5.74, 6) is 0.787. The second-order valence-electron chi connectivity index (χ2n) is 5.68. The molecule has 1 fully saturated rings. The number of hydrogen-bond donors (Lipinski definition) is 1. The predicted molar refractivity (Wildman–Crippen MR) is 83.2 cm³/mol. The first-order chi connectivity index (χ1) is 10.5. The summed E-state index contributed by atoms with van der Waals surface area (Å²) in [5.41, 5.74) is 9.30. The van der Waals surface area contributed by atoms with Gasteiger partial charge in [0.1, 0.15) is 0 Å². The number of nitrogens with zero attached hydrogens (tertiary/aromatic N) is 4. The van der Waals surface area contributed by atoms with E-state index >= 15 is 0 Å². The summed E-state index contributed by atoms with van der Waals surface area (Å²) in [6.45, 7) is 5.25. The Kier molecular flexibility index (Phi) is 3.75. The fourth-order valence-corrected chi connectivity index (χ4v) is 2.81. The van der Waals surface area contributed by atoms with Crippen molar-refractivity contribution in [2.75, 3.05) is 18.8 Å². The number of carbonyl (C=O) groups excluding carboxylic acids is 1. The number of amides is 1. The second kappa shape index (κ2) is 5.71. The number of nitrogen functional groups attached to an aromatic ring is 1. The molecule has 3 rings (SSSR count). The highest BCUT2D eigenvalue weighted by Crippen LogP contribution is 2.27. The Balaban J connectivity index is 1.63. The van der Waals surface area contributed by atoms with E-state index in [9.17, 15) is 4.79 Å². The summed E-state index contributed by atoms with van der Waals surface area (Å²) in [4.78, 5) is 26.6. The highest BCUT2D eigenvalue weighted by Gasteiger charge is 2.31. The highest BCUT2D eigenvalue weighted by atomic mass is 16.2. The zero-order chi connectivity index (χ0) is 15.7. The molecule has 2 aromatic heterocycles.